The molecule has 1 fully saturated rings. The highest BCUT2D eigenvalue weighted by atomic mass is 16.5. The molecule has 5 nitrogen and oxygen atoms in total. The molecule has 1 saturated carbocycles. The molecule has 1 aliphatic rings. The van der Waals surface area contributed by atoms with Gasteiger partial charge in [0.1, 0.15) is 5.54 Å². The van der Waals surface area contributed by atoms with E-state index in [4.69, 9.17) is 10.5 Å². The van der Waals surface area contributed by atoms with E-state index in [1.54, 1.807) is 24.3 Å². The molecule has 0 saturated heterocycles. The average Bonchev–Trinajstić information content (AvgIpc) is 2.87. The SMILES string of the molecule is COC(=O)C1(NC(=O)c2cccc(N)c2)CCCC1. The van der Waals surface area contributed by atoms with Crippen molar-refractivity contribution in [1.29, 1.82) is 0 Å². The van der Waals surface area contributed by atoms with Crippen LogP contribution in [-0.4, -0.2) is 24.5 Å². The van der Waals surface area contributed by atoms with Gasteiger partial charge >= 0.3 is 5.97 Å². The fourth-order valence-corrected chi connectivity index (χ4v) is 2.52. The number of hydrogen-bond donors (Lipinski definition) is 2. The van der Waals surface area contributed by atoms with Crippen LogP contribution in [0.4, 0.5) is 5.69 Å². The highest BCUT2D eigenvalue weighted by molar-refractivity contribution is 5.98. The maximum absolute atomic E-state index is 12.2. The van der Waals surface area contributed by atoms with Gasteiger partial charge in [-0.25, -0.2) is 4.79 Å². The van der Waals surface area contributed by atoms with Gasteiger partial charge in [-0.1, -0.05) is 18.9 Å². The summed E-state index contributed by atoms with van der Waals surface area (Å²) < 4.78 is 4.82. The molecule has 5 heteroatoms. The van der Waals surface area contributed by atoms with E-state index in [0.29, 0.717) is 24.1 Å². The van der Waals surface area contributed by atoms with Crippen LogP contribution in [0.3, 0.4) is 0 Å². The van der Waals surface area contributed by atoms with Crippen LogP contribution in [0.2, 0.25) is 0 Å². The Morgan fingerprint density at radius 1 is 1.32 bits per heavy atom. The molecule has 0 heterocycles. The number of hydrogen-bond acceptors (Lipinski definition) is 4. The number of amides is 1. The molecule has 0 aromatic heterocycles. The lowest BCUT2D eigenvalue weighted by Gasteiger charge is -2.27. The molecule has 1 aromatic carbocycles. The third-order valence-electron chi connectivity index (χ3n) is 3.53. The van der Waals surface area contributed by atoms with Gasteiger partial charge in [-0.15, -0.1) is 0 Å². The summed E-state index contributed by atoms with van der Waals surface area (Å²) in [6.45, 7) is 0. The van der Waals surface area contributed by atoms with E-state index >= 15 is 0 Å². The Bertz CT molecular complexity index is 493. The maximum atomic E-state index is 12.2. The molecule has 19 heavy (non-hydrogen) atoms. The topological polar surface area (TPSA) is 81.4 Å². The minimum atomic E-state index is -0.879. The van der Waals surface area contributed by atoms with E-state index in [1.165, 1.54) is 7.11 Å². The normalized spacial score (nSPS) is 16.9. The summed E-state index contributed by atoms with van der Waals surface area (Å²) in [6.07, 6.45) is 3.06. The number of anilines is 1. The number of ether oxygens (including phenoxy) is 1. The smallest absolute Gasteiger partial charge is 0.331 e. The predicted octanol–water partition coefficient (Wildman–Crippen LogP) is 1.48. The monoisotopic (exact) mass is 262 g/mol. The summed E-state index contributed by atoms with van der Waals surface area (Å²) in [5.74, 6) is -0.665. The summed E-state index contributed by atoms with van der Waals surface area (Å²) in [5, 5.41) is 2.82. The second-order valence-corrected chi connectivity index (χ2v) is 4.86. The second kappa shape index (κ2) is 5.30. The maximum Gasteiger partial charge on any atom is 0.331 e. The van der Waals surface area contributed by atoms with Crippen molar-refractivity contribution >= 4 is 17.6 Å². The van der Waals surface area contributed by atoms with Gasteiger partial charge < -0.3 is 15.8 Å². The van der Waals surface area contributed by atoms with Crippen LogP contribution >= 0.6 is 0 Å². The summed E-state index contributed by atoms with van der Waals surface area (Å²) in [5.41, 5.74) is 5.75. The largest absolute Gasteiger partial charge is 0.467 e. The number of carbonyl (C=O) groups is 2. The van der Waals surface area contributed by atoms with Crippen LogP contribution in [0, 0.1) is 0 Å². The Hall–Kier alpha value is -2.04. The van der Waals surface area contributed by atoms with Crippen molar-refractivity contribution in [2.75, 3.05) is 12.8 Å². The lowest BCUT2D eigenvalue weighted by atomic mass is 9.97. The first-order chi connectivity index (χ1) is 9.07. The Morgan fingerprint density at radius 3 is 2.58 bits per heavy atom. The number of benzene rings is 1. The van der Waals surface area contributed by atoms with E-state index in [-0.39, 0.29) is 11.9 Å². The van der Waals surface area contributed by atoms with Gasteiger partial charge in [0, 0.05) is 11.3 Å². The fourth-order valence-electron chi connectivity index (χ4n) is 2.52. The lowest BCUT2D eigenvalue weighted by molar-refractivity contribution is -0.148. The van der Waals surface area contributed by atoms with Crippen LogP contribution in [0.5, 0.6) is 0 Å². The van der Waals surface area contributed by atoms with E-state index in [9.17, 15) is 9.59 Å². The van der Waals surface area contributed by atoms with Crippen molar-refractivity contribution in [3.8, 4) is 0 Å². The van der Waals surface area contributed by atoms with Crippen molar-refractivity contribution in [3.63, 3.8) is 0 Å². The zero-order valence-corrected chi connectivity index (χ0v) is 10.9. The Morgan fingerprint density at radius 2 is 2.00 bits per heavy atom. The predicted molar refractivity (Wildman–Crippen MR) is 71.5 cm³/mol. The third kappa shape index (κ3) is 2.70. The molecule has 102 valence electrons. The van der Waals surface area contributed by atoms with E-state index in [2.05, 4.69) is 5.32 Å². The van der Waals surface area contributed by atoms with Crippen molar-refractivity contribution < 1.29 is 14.3 Å². The fraction of sp³-hybridized carbons (Fsp3) is 0.429. The molecule has 0 spiro atoms. The molecule has 1 aromatic rings. The summed E-state index contributed by atoms with van der Waals surface area (Å²) in [7, 11) is 1.34. The van der Waals surface area contributed by atoms with Crippen LogP contribution in [-0.2, 0) is 9.53 Å². The molecular formula is C14H18N2O3. The number of rotatable bonds is 3. The van der Waals surface area contributed by atoms with Crippen molar-refractivity contribution in [3.05, 3.63) is 29.8 Å². The Balaban J connectivity index is 2.18. The molecule has 1 aliphatic carbocycles. The zero-order valence-electron chi connectivity index (χ0n) is 10.9. The Labute approximate surface area is 112 Å². The molecule has 2 rings (SSSR count). The highest BCUT2D eigenvalue weighted by Crippen LogP contribution is 2.31. The van der Waals surface area contributed by atoms with E-state index < -0.39 is 5.54 Å². The first-order valence-corrected chi connectivity index (χ1v) is 6.34. The first kappa shape index (κ1) is 13.4. The summed E-state index contributed by atoms with van der Waals surface area (Å²) >= 11 is 0. The van der Waals surface area contributed by atoms with Crippen molar-refractivity contribution in [1.82, 2.24) is 5.32 Å². The Kier molecular flexibility index (Phi) is 3.74. The van der Waals surface area contributed by atoms with Gasteiger partial charge in [0.25, 0.3) is 5.91 Å². The third-order valence-corrected chi connectivity index (χ3v) is 3.53. The number of esters is 1. The van der Waals surface area contributed by atoms with Gasteiger partial charge in [-0.05, 0) is 31.0 Å². The molecule has 3 N–H and O–H groups in total. The number of nitrogens with one attached hydrogen (secondary N) is 1. The molecular weight excluding hydrogens is 244 g/mol. The number of methoxy groups -OCH3 is 1. The first-order valence-electron chi connectivity index (χ1n) is 6.34. The molecule has 0 bridgehead atoms. The molecule has 0 aliphatic heterocycles. The minimum absolute atomic E-state index is 0.292. The summed E-state index contributed by atoms with van der Waals surface area (Å²) in [4.78, 5) is 24.1. The molecule has 1 amide bonds. The standard InChI is InChI=1S/C14H18N2O3/c1-19-13(18)14(7-2-3-8-14)16-12(17)10-5-4-6-11(15)9-10/h4-6,9H,2-3,7-8,15H2,1H3,(H,16,17). The van der Waals surface area contributed by atoms with Gasteiger partial charge in [0.05, 0.1) is 7.11 Å². The quantitative estimate of drug-likeness (QED) is 0.638. The van der Waals surface area contributed by atoms with Crippen LogP contribution in [0.15, 0.2) is 24.3 Å². The van der Waals surface area contributed by atoms with Crippen LogP contribution < -0.4 is 11.1 Å². The zero-order chi connectivity index (χ0) is 13.9. The van der Waals surface area contributed by atoms with Gasteiger partial charge in [-0.2, -0.15) is 0 Å². The summed E-state index contributed by atoms with van der Waals surface area (Å²) in [6, 6.07) is 6.69. The number of nitrogen functional groups attached to an aromatic ring is 1. The minimum Gasteiger partial charge on any atom is -0.467 e. The lowest BCUT2D eigenvalue weighted by Crippen LogP contribution is -2.53. The molecule has 0 radical (unpaired) electrons. The molecule has 0 unspecified atom stereocenters. The highest BCUT2D eigenvalue weighted by Gasteiger charge is 2.43. The van der Waals surface area contributed by atoms with Crippen LogP contribution in [0.1, 0.15) is 36.0 Å². The van der Waals surface area contributed by atoms with E-state index in [1.807, 2.05) is 0 Å². The average molecular weight is 262 g/mol. The molecule has 0 atom stereocenters. The van der Waals surface area contributed by atoms with E-state index in [0.717, 1.165) is 12.8 Å². The van der Waals surface area contributed by atoms with Crippen LogP contribution in [0.25, 0.3) is 0 Å². The second-order valence-electron chi connectivity index (χ2n) is 4.86. The number of carbonyl (C=O) groups excluding carboxylic acids is 2. The van der Waals surface area contributed by atoms with Crippen molar-refractivity contribution in [2.24, 2.45) is 0 Å². The van der Waals surface area contributed by atoms with Gasteiger partial charge in [0.15, 0.2) is 0 Å². The number of nitrogens with two attached hydrogens (primary N) is 1. The van der Waals surface area contributed by atoms with Crippen molar-refractivity contribution in [2.45, 2.75) is 31.2 Å². The van der Waals surface area contributed by atoms with Gasteiger partial charge in [-0.3, -0.25) is 4.79 Å². The van der Waals surface area contributed by atoms with Gasteiger partial charge in [0.2, 0.25) is 0 Å².